The van der Waals surface area contributed by atoms with Crippen molar-refractivity contribution in [2.24, 2.45) is 5.18 Å². The minimum atomic E-state index is 0.0834. The molecule has 1 N–H and O–H groups in total. The first kappa shape index (κ1) is 14.6. The number of hydrogen-bond donors (Lipinski definition) is 1. The highest BCUT2D eigenvalue weighted by molar-refractivity contribution is 6.30. The summed E-state index contributed by atoms with van der Waals surface area (Å²) in [7, 11) is 0. The third kappa shape index (κ3) is 2.47. The fraction of sp³-hybridized carbons (Fsp3) is 0.0588. The van der Waals surface area contributed by atoms with Gasteiger partial charge in [-0.1, -0.05) is 28.9 Å². The van der Waals surface area contributed by atoms with E-state index in [4.69, 9.17) is 11.6 Å². The number of fused-ring (bicyclic) bond motifs is 1. The van der Waals surface area contributed by atoms with Gasteiger partial charge in [0.2, 0.25) is 0 Å². The van der Waals surface area contributed by atoms with Crippen molar-refractivity contribution in [3.05, 3.63) is 70.6 Å². The Morgan fingerprint density at radius 3 is 2.71 bits per heavy atom. The maximum absolute atomic E-state index is 10.6. The molecular weight excluding hydrogens is 326 g/mol. The highest BCUT2D eigenvalue weighted by Crippen LogP contribution is 2.31. The molecule has 6 nitrogen and oxygen atoms in total. The van der Waals surface area contributed by atoms with Gasteiger partial charge in [0.15, 0.2) is 0 Å². The van der Waals surface area contributed by atoms with Crippen LogP contribution in [0.5, 0.6) is 0 Å². The molecule has 0 radical (unpaired) electrons. The summed E-state index contributed by atoms with van der Waals surface area (Å²) in [5.74, 6) is 0. The van der Waals surface area contributed by atoms with Gasteiger partial charge in [0.1, 0.15) is 12.2 Å². The Morgan fingerprint density at radius 2 is 1.92 bits per heavy atom. The van der Waals surface area contributed by atoms with Crippen LogP contribution in [0, 0.1) is 4.91 Å². The third-order valence-electron chi connectivity index (χ3n) is 3.88. The van der Waals surface area contributed by atoms with Crippen molar-refractivity contribution in [2.45, 2.75) is 6.54 Å². The molecule has 4 rings (SSSR count). The van der Waals surface area contributed by atoms with Gasteiger partial charge in [0, 0.05) is 34.1 Å². The summed E-state index contributed by atoms with van der Waals surface area (Å²) in [6.07, 6.45) is 5.45. The van der Waals surface area contributed by atoms with Gasteiger partial charge >= 0.3 is 0 Å². The molecule has 7 heteroatoms. The number of hydrogen-bond acceptors (Lipinski definition) is 4. The van der Waals surface area contributed by atoms with E-state index in [1.54, 1.807) is 6.20 Å². The normalized spacial score (nSPS) is 11.0. The summed E-state index contributed by atoms with van der Waals surface area (Å²) in [5.41, 5.74) is 5.24. The molecule has 0 unspecified atom stereocenters. The molecule has 118 valence electrons. The van der Waals surface area contributed by atoms with Crippen molar-refractivity contribution in [3.8, 4) is 22.4 Å². The van der Waals surface area contributed by atoms with Gasteiger partial charge in [-0.2, -0.15) is 10.0 Å². The number of halogens is 1. The van der Waals surface area contributed by atoms with Gasteiger partial charge in [0.05, 0.1) is 17.6 Å². The number of nitrogens with one attached hydrogen (secondary N) is 1. The van der Waals surface area contributed by atoms with Crippen molar-refractivity contribution in [1.82, 2.24) is 19.6 Å². The summed E-state index contributed by atoms with van der Waals surface area (Å²) in [6, 6.07) is 11.4. The average Bonchev–Trinajstić information content (AvgIpc) is 3.23. The number of rotatable bonds is 4. The lowest BCUT2D eigenvalue weighted by Gasteiger charge is -2.05. The summed E-state index contributed by atoms with van der Waals surface area (Å²) in [6.45, 7) is 0.0834. The molecule has 24 heavy (non-hydrogen) atoms. The van der Waals surface area contributed by atoms with E-state index in [1.807, 2.05) is 53.2 Å². The Hall–Kier alpha value is -2.99. The fourth-order valence-electron chi connectivity index (χ4n) is 2.71. The van der Waals surface area contributed by atoms with Crippen LogP contribution in [0.4, 0.5) is 0 Å². The van der Waals surface area contributed by atoms with Gasteiger partial charge in [0.25, 0.3) is 0 Å². The summed E-state index contributed by atoms with van der Waals surface area (Å²) in [4.78, 5) is 14.9. The van der Waals surface area contributed by atoms with Crippen LogP contribution in [-0.2, 0) is 6.54 Å². The maximum atomic E-state index is 10.6. The monoisotopic (exact) mass is 337 g/mol. The summed E-state index contributed by atoms with van der Waals surface area (Å²) >= 11 is 5.96. The topological polar surface area (TPSA) is 75.4 Å². The minimum Gasteiger partial charge on any atom is -0.301 e. The summed E-state index contributed by atoms with van der Waals surface area (Å²) in [5, 5.41) is 10.9. The zero-order chi connectivity index (χ0) is 16.5. The number of nitroso groups, excluding NO2 is 1. The van der Waals surface area contributed by atoms with E-state index < -0.39 is 0 Å². The molecule has 0 saturated carbocycles. The predicted octanol–water partition coefficient (Wildman–Crippen LogP) is 4.31. The van der Waals surface area contributed by atoms with E-state index in [9.17, 15) is 4.91 Å². The molecule has 0 saturated heterocycles. The second kappa shape index (κ2) is 5.90. The van der Waals surface area contributed by atoms with Crippen LogP contribution in [-0.4, -0.2) is 19.6 Å². The number of aromatic amines is 1. The number of pyridine rings is 1. The molecule has 1 aromatic carbocycles. The second-order valence-electron chi connectivity index (χ2n) is 5.34. The molecule has 0 fully saturated rings. The van der Waals surface area contributed by atoms with Crippen LogP contribution < -0.4 is 0 Å². The van der Waals surface area contributed by atoms with Gasteiger partial charge in [-0.05, 0) is 24.3 Å². The van der Waals surface area contributed by atoms with Crippen molar-refractivity contribution in [3.63, 3.8) is 0 Å². The Labute approximate surface area is 142 Å². The molecule has 0 aliphatic heterocycles. The highest BCUT2D eigenvalue weighted by Gasteiger charge is 2.12. The Balaban J connectivity index is 1.83. The quantitative estimate of drug-likeness (QED) is 0.564. The van der Waals surface area contributed by atoms with Crippen molar-refractivity contribution >= 4 is 17.2 Å². The van der Waals surface area contributed by atoms with Crippen LogP contribution in [0.25, 0.3) is 28.0 Å². The zero-order valence-electron chi connectivity index (χ0n) is 12.5. The molecule has 3 heterocycles. The van der Waals surface area contributed by atoms with Crippen LogP contribution in [0.15, 0.2) is 60.2 Å². The van der Waals surface area contributed by atoms with Crippen LogP contribution in [0.1, 0.15) is 5.69 Å². The lowest BCUT2D eigenvalue weighted by atomic mass is 10.0. The van der Waals surface area contributed by atoms with Gasteiger partial charge in [-0.25, -0.2) is 4.98 Å². The Kier molecular flexibility index (Phi) is 3.59. The van der Waals surface area contributed by atoms with Crippen molar-refractivity contribution < 1.29 is 0 Å². The number of aromatic nitrogens is 4. The van der Waals surface area contributed by atoms with E-state index >= 15 is 0 Å². The predicted molar refractivity (Wildman–Crippen MR) is 92.7 cm³/mol. The van der Waals surface area contributed by atoms with Crippen LogP contribution in [0.2, 0.25) is 5.02 Å². The highest BCUT2D eigenvalue weighted by atomic mass is 35.5. The van der Waals surface area contributed by atoms with Gasteiger partial charge < -0.3 is 4.40 Å². The first-order valence-electron chi connectivity index (χ1n) is 7.31. The first-order chi connectivity index (χ1) is 11.8. The Morgan fingerprint density at radius 1 is 1.12 bits per heavy atom. The van der Waals surface area contributed by atoms with E-state index in [2.05, 4.69) is 20.4 Å². The SMILES string of the molecule is O=NCc1cnc2ccc(-c3c[nH]nc3-c3ccc(Cl)cc3)cn12. The molecule has 0 aliphatic carbocycles. The third-order valence-corrected chi connectivity index (χ3v) is 4.13. The summed E-state index contributed by atoms with van der Waals surface area (Å²) < 4.78 is 1.87. The largest absolute Gasteiger partial charge is 0.301 e. The number of imidazole rings is 1. The van der Waals surface area contributed by atoms with Crippen LogP contribution >= 0.6 is 11.6 Å². The standard InChI is InChI=1S/C17H12ClN5O/c18-13-4-1-11(2-5-13)17-15(9-20-22-17)12-3-6-16-19-7-14(8-21-24)23(16)10-12/h1-7,9-10H,8H2,(H,20,22). The van der Waals surface area contributed by atoms with Crippen molar-refractivity contribution in [2.75, 3.05) is 0 Å². The Bertz CT molecular complexity index is 1020. The molecule has 0 aliphatic rings. The molecule has 0 spiro atoms. The maximum Gasteiger partial charge on any atom is 0.136 e. The zero-order valence-corrected chi connectivity index (χ0v) is 13.2. The molecule has 0 amide bonds. The van der Waals surface area contributed by atoms with Gasteiger partial charge in [-0.3, -0.25) is 5.10 Å². The molecule has 0 atom stereocenters. The molecular formula is C17H12ClN5O. The second-order valence-corrected chi connectivity index (χ2v) is 5.77. The van der Waals surface area contributed by atoms with E-state index in [0.717, 1.165) is 33.7 Å². The number of nitrogens with zero attached hydrogens (tertiary/aromatic N) is 4. The fourth-order valence-corrected chi connectivity index (χ4v) is 2.84. The van der Waals surface area contributed by atoms with E-state index in [0.29, 0.717) is 5.02 Å². The lowest BCUT2D eigenvalue weighted by Crippen LogP contribution is -1.92. The smallest absolute Gasteiger partial charge is 0.136 e. The number of H-pyrrole nitrogens is 1. The minimum absolute atomic E-state index is 0.0834. The van der Waals surface area contributed by atoms with Crippen LogP contribution in [0.3, 0.4) is 0 Å². The molecule has 4 aromatic rings. The van der Waals surface area contributed by atoms with E-state index in [-0.39, 0.29) is 6.54 Å². The van der Waals surface area contributed by atoms with E-state index in [1.165, 1.54) is 0 Å². The van der Waals surface area contributed by atoms with Gasteiger partial charge in [-0.15, -0.1) is 0 Å². The van der Waals surface area contributed by atoms with Crippen molar-refractivity contribution in [1.29, 1.82) is 0 Å². The first-order valence-corrected chi connectivity index (χ1v) is 7.69. The molecule has 3 aromatic heterocycles. The lowest BCUT2D eigenvalue weighted by molar-refractivity contribution is 0.953. The molecule has 0 bridgehead atoms. The number of benzene rings is 1. The average molecular weight is 338 g/mol.